The summed E-state index contributed by atoms with van der Waals surface area (Å²) in [5.41, 5.74) is 0. The first-order valence-electron chi connectivity index (χ1n) is 3.81. The topological polar surface area (TPSA) is 57.8 Å². The smallest absolute Gasteiger partial charge is 0.269 e. The summed E-state index contributed by atoms with van der Waals surface area (Å²) < 4.78 is 0.798. The highest BCUT2D eigenvalue weighted by molar-refractivity contribution is 9.10. The number of rotatable bonds is 2. The van der Waals surface area contributed by atoms with Gasteiger partial charge < -0.3 is 4.98 Å². The second kappa shape index (κ2) is 3.93. The third kappa shape index (κ3) is 1.85. The lowest BCUT2D eigenvalue weighted by Gasteiger charge is -1.98. The number of thiophene rings is 1. The van der Waals surface area contributed by atoms with Crippen LogP contribution in [-0.4, -0.2) is 15.9 Å². The van der Waals surface area contributed by atoms with Gasteiger partial charge >= 0.3 is 0 Å². The zero-order valence-electron chi connectivity index (χ0n) is 6.95. The van der Waals surface area contributed by atoms with Gasteiger partial charge in [0.15, 0.2) is 0 Å². The maximum Gasteiger partial charge on any atom is 0.269 e. The molecule has 0 radical (unpaired) electrons. The minimum absolute atomic E-state index is 0.165. The van der Waals surface area contributed by atoms with Crippen LogP contribution in [0.3, 0.4) is 0 Å². The second-order valence-corrected chi connectivity index (χ2v) is 4.26. The normalized spacial score (nSPS) is 10.1. The zero-order chi connectivity index (χ0) is 9.97. The predicted molar refractivity (Wildman–Crippen MR) is 58.6 cm³/mol. The molecule has 2 N–H and O–H groups in total. The molecule has 72 valence electrons. The van der Waals surface area contributed by atoms with Gasteiger partial charge in [0.05, 0.1) is 0 Å². The van der Waals surface area contributed by atoms with E-state index in [2.05, 4.69) is 31.2 Å². The number of aromatic amines is 1. The van der Waals surface area contributed by atoms with Gasteiger partial charge in [-0.3, -0.25) is 10.1 Å². The number of anilines is 1. The number of hydrogen-bond acceptors (Lipinski definition) is 3. The largest absolute Gasteiger partial charge is 0.331 e. The monoisotopic (exact) mass is 271 g/mol. The Bertz CT molecular complexity index is 437. The highest BCUT2D eigenvalue weighted by Gasteiger charge is 2.11. The Morgan fingerprint density at radius 1 is 1.64 bits per heavy atom. The fourth-order valence-corrected chi connectivity index (χ4v) is 2.40. The molecule has 0 bridgehead atoms. The SMILES string of the molecule is O=C(Nc1ncc[nH]1)c1sccc1Br. The van der Waals surface area contributed by atoms with Crippen molar-refractivity contribution in [3.8, 4) is 0 Å². The molecule has 2 rings (SSSR count). The summed E-state index contributed by atoms with van der Waals surface area (Å²) in [5.74, 6) is 0.289. The van der Waals surface area contributed by atoms with Crippen molar-refractivity contribution >= 4 is 39.1 Å². The summed E-state index contributed by atoms with van der Waals surface area (Å²) in [7, 11) is 0. The number of carbonyl (C=O) groups excluding carboxylic acids is 1. The van der Waals surface area contributed by atoms with Crippen LogP contribution in [0, 0.1) is 0 Å². The summed E-state index contributed by atoms with van der Waals surface area (Å²) in [4.78, 5) is 18.9. The predicted octanol–water partition coefficient (Wildman–Crippen LogP) is 2.49. The number of amides is 1. The number of nitrogens with zero attached hydrogens (tertiary/aromatic N) is 1. The molecule has 14 heavy (non-hydrogen) atoms. The lowest BCUT2D eigenvalue weighted by molar-refractivity contribution is 0.102. The Morgan fingerprint density at radius 2 is 2.50 bits per heavy atom. The van der Waals surface area contributed by atoms with Gasteiger partial charge in [0, 0.05) is 16.9 Å². The van der Waals surface area contributed by atoms with Gasteiger partial charge in [0.2, 0.25) is 5.95 Å². The molecule has 0 aliphatic carbocycles. The minimum Gasteiger partial charge on any atom is -0.331 e. The van der Waals surface area contributed by atoms with Crippen LogP contribution in [-0.2, 0) is 0 Å². The van der Waals surface area contributed by atoms with E-state index in [0.29, 0.717) is 10.8 Å². The van der Waals surface area contributed by atoms with E-state index >= 15 is 0 Å². The van der Waals surface area contributed by atoms with Gasteiger partial charge in [-0.25, -0.2) is 4.98 Å². The van der Waals surface area contributed by atoms with Crippen LogP contribution in [0.5, 0.6) is 0 Å². The fourth-order valence-electron chi connectivity index (χ4n) is 0.954. The van der Waals surface area contributed by atoms with Crippen molar-refractivity contribution in [2.45, 2.75) is 0 Å². The van der Waals surface area contributed by atoms with Gasteiger partial charge in [-0.15, -0.1) is 11.3 Å². The quantitative estimate of drug-likeness (QED) is 0.882. The van der Waals surface area contributed by atoms with E-state index in [0.717, 1.165) is 4.47 Å². The molecule has 1 amide bonds. The van der Waals surface area contributed by atoms with Crippen molar-refractivity contribution in [1.29, 1.82) is 0 Å². The van der Waals surface area contributed by atoms with E-state index in [1.807, 2.05) is 11.4 Å². The summed E-state index contributed by atoms with van der Waals surface area (Å²) in [5, 5.41) is 4.49. The summed E-state index contributed by atoms with van der Waals surface area (Å²) >= 11 is 4.67. The molecule has 4 nitrogen and oxygen atoms in total. The molecule has 0 atom stereocenters. The third-order valence-electron chi connectivity index (χ3n) is 1.55. The van der Waals surface area contributed by atoms with E-state index in [4.69, 9.17) is 0 Å². The number of hydrogen-bond donors (Lipinski definition) is 2. The molecule has 0 aliphatic heterocycles. The molecule has 0 fully saturated rings. The highest BCUT2D eigenvalue weighted by atomic mass is 79.9. The van der Waals surface area contributed by atoms with Crippen molar-refractivity contribution in [3.63, 3.8) is 0 Å². The van der Waals surface area contributed by atoms with Crippen LogP contribution < -0.4 is 5.32 Å². The molecule has 0 unspecified atom stereocenters. The second-order valence-electron chi connectivity index (χ2n) is 2.49. The van der Waals surface area contributed by atoms with Gasteiger partial charge in [-0.2, -0.15) is 0 Å². The molecule has 2 heterocycles. The first-order chi connectivity index (χ1) is 6.77. The Labute approximate surface area is 92.5 Å². The lowest BCUT2D eigenvalue weighted by atomic mass is 10.4. The van der Waals surface area contributed by atoms with E-state index in [1.54, 1.807) is 12.4 Å². The van der Waals surface area contributed by atoms with Crippen LogP contribution in [0.15, 0.2) is 28.3 Å². The molecule has 6 heteroatoms. The average molecular weight is 272 g/mol. The van der Waals surface area contributed by atoms with Crippen molar-refractivity contribution in [2.24, 2.45) is 0 Å². The zero-order valence-corrected chi connectivity index (χ0v) is 9.35. The number of aromatic nitrogens is 2. The maximum absolute atomic E-state index is 11.6. The third-order valence-corrected chi connectivity index (χ3v) is 3.39. The van der Waals surface area contributed by atoms with Crippen molar-refractivity contribution in [1.82, 2.24) is 9.97 Å². The lowest BCUT2D eigenvalue weighted by Crippen LogP contribution is -2.11. The summed E-state index contributed by atoms with van der Waals surface area (Å²) in [6, 6.07) is 1.84. The van der Waals surface area contributed by atoms with E-state index in [-0.39, 0.29) is 5.91 Å². The molecular formula is C8H6BrN3OS. The Morgan fingerprint density at radius 3 is 3.07 bits per heavy atom. The number of H-pyrrole nitrogens is 1. The average Bonchev–Trinajstić information content (AvgIpc) is 2.75. The van der Waals surface area contributed by atoms with Crippen molar-refractivity contribution in [2.75, 3.05) is 5.32 Å². The number of nitrogens with one attached hydrogen (secondary N) is 2. The van der Waals surface area contributed by atoms with E-state index in [9.17, 15) is 4.79 Å². The van der Waals surface area contributed by atoms with Crippen LogP contribution in [0.4, 0.5) is 5.95 Å². The molecule has 0 spiro atoms. The Kier molecular flexibility index (Phi) is 2.64. The Balaban J connectivity index is 2.14. The highest BCUT2D eigenvalue weighted by Crippen LogP contribution is 2.23. The van der Waals surface area contributed by atoms with Gasteiger partial charge in [0.1, 0.15) is 4.88 Å². The first kappa shape index (κ1) is 9.42. The molecule has 0 saturated heterocycles. The number of halogens is 1. The molecule has 0 saturated carbocycles. The van der Waals surface area contributed by atoms with Crippen LogP contribution in [0.25, 0.3) is 0 Å². The minimum atomic E-state index is -0.165. The first-order valence-corrected chi connectivity index (χ1v) is 5.48. The van der Waals surface area contributed by atoms with Crippen LogP contribution in [0.1, 0.15) is 9.67 Å². The fraction of sp³-hybridized carbons (Fsp3) is 0. The summed E-state index contributed by atoms with van der Waals surface area (Å²) in [6.45, 7) is 0. The van der Waals surface area contributed by atoms with Crippen molar-refractivity contribution < 1.29 is 4.79 Å². The molecule has 2 aromatic heterocycles. The van der Waals surface area contributed by atoms with Crippen LogP contribution in [0.2, 0.25) is 0 Å². The standard InChI is InChI=1S/C8H6BrN3OS/c9-5-1-4-14-6(5)7(13)12-8-10-2-3-11-8/h1-4H,(H2,10,11,12,13). The van der Waals surface area contributed by atoms with Gasteiger partial charge in [-0.1, -0.05) is 0 Å². The molecule has 0 aliphatic rings. The number of imidazole rings is 1. The van der Waals surface area contributed by atoms with Crippen LogP contribution >= 0.6 is 27.3 Å². The molecule has 2 aromatic rings. The van der Waals surface area contributed by atoms with E-state index in [1.165, 1.54) is 11.3 Å². The van der Waals surface area contributed by atoms with Crippen molar-refractivity contribution in [3.05, 3.63) is 33.2 Å². The molecule has 0 aromatic carbocycles. The number of carbonyl (C=O) groups is 1. The maximum atomic E-state index is 11.6. The van der Waals surface area contributed by atoms with Gasteiger partial charge in [-0.05, 0) is 27.4 Å². The van der Waals surface area contributed by atoms with Gasteiger partial charge in [0.25, 0.3) is 5.91 Å². The van der Waals surface area contributed by atoms with E-state index < -0.39 is 0 Å². The Hall–Kier alpha value is -1.14. The molecular weight excluding hydrogens is 266 g/mol. The summed E-state index contributed by atoms with van der Waals surface area (Å²) in [6.07, 6.45) is 3.23.